The molecule has 0 saturated carbocycles. The molecule has 6 nitrogen and oxygen atoms in total. The van der Waals surface area contributed by atoms with Crippen molar-refractivity contribution in [3.8, 4) is 11.5 Å². The standard InChI is InChI=1S/C18H29N3O3/c1-5-19-18(20-7-6-8-22-3)21-12-15-11-17-14(9-13(2)24-17)10-16(15)23-4/h10-11,13H,5-9,12H2,1-4H3,(H2,19,20,21). The number of aliphatic imine (C=N–C) groups is 1. The summed E-state index contributed by atoms with van der Waals surface area (Å²) < 4.78 is 16.4. The van der Waals surface area contributed by atoms with Crippen LogP contribution in [-0.2, 0) is 17.7 Å². The Morgan fingerprint density at radius 2 is 2.17 bits per heavy atom. The fraction of sp³-hybridized carbons (Fsp3) is 0.611. The number of rotatable bonds is 8. The molecule has 0 radical (unpaired) electrons. The summed E-state index contributed by atoms with van der Waals surface area (Å²) in [4.78, 5) is 4.65. The molecule has 1 atom stereocenters. The summed E-state index contributed by atoms with van der Waals surface area (Å²) in [5.41, 5.74) is 2.23. The van der Waals surface area contributed by atoms with Gasteiger partial charge in [-0.05, 0) is 32.4 Å². The zero-order chi connectivity index (χ0) is 17.4. The van der Waals surface area contributed by atoms with Crippen molar-refractivity contribution in [1.82, 2.24) is 10.6 Å². The fourth-order valence-corrected chi connectivity index (χ4v) is 2.72. The van der Waals surface area contributed by atoms with E-state index >= 15 is 0 Å². The van der Waals surface area contributed by atoms with E-state index in [0.717, 1.165) is 55.6 Å². The third kappa shape index (κ3) is 5.03. The molecule has 134 valence electrons. The number of nitrogens with one attached hydrogen (secondary N) is 2. The van der Waals surface area contributed by atoms with Crippen molar-refractivity contribution in [2.75, 3.05) is 33.9 Å². The van der Waals surface area contributed by atoms with Gasteiger partial charge >= 0.3 is 0 Å². The minimum absolute atomic E-state index is 0.225. The Hall–Kier alpha value is -1.95. The van der Waals surface area contributed by atoms with Gasteiger partial charge in [0.05, 0.1) is 13.7 Å². The van der Waals surface area contributed by atoms with Crippen molar-refractivity contribution in [3.05, 3.63) is 23.3 Å². The largest absolute Gasteiger partial charge is 0.496 e. The van der Waals surface area contributed by atoms with Gasteiger partial charge in [-0.3, -0.25) is 0 Å². The Morgan fingerprint density at radius 1 is 1.33 bits per heavy atom. The number of guanidine groups is 1. The van der Waals surface area contributed by atoms with E-state index in [1.54, 1.807) is 14.2 Å². The van der Waals surface area contributed by atoms with Crippen molar-refractivity contribution in [1.29, 1.82) is 0 Å². The minimum atomic E-state index is 0.225. The third-order valence-corrected chi connectivity index (χ3v) is 3.87. The summed E-state index contributed by atoms with van der Waals surface area (Å²) in [5.74, 6) is 2.61. The Labute approximate surface area is 144 Å². The van der Waals surface area contributed by atoms with E-state index in [1.807, 2.05) is 0 Å². The fourth-order valence-electron chi connectivity index (χ4n) is 2.72. The minimum Gasteiger partial charge on any atom is -0.496 e. The maximum Gasteiger partial charge on any atom is 0.191 e. The first-order chi connectivity index (χ1) is 11.7. The summed E-state index contributed by atoms with van der Waals surface area (Å²) in [5, 5.41) is 6.56. The molecule has 0 bridgehead atoms. The lowest BCUT2D eigenvalue weighted by Gasteiger charge is -2.13. The summed E-state index contributed by atoms with van der Waals surface area (Å²) in [6, 6.07) is 4.12. The summed E-state index contributed by atoms with van der Waals surface area (Å²) >= 11 is 0. The molecule has 1 unspecified atom stereocenters. The van der Waals surface area contributed by atoms with Crippen molar-refractivity contribution < 1.29 is 14.2 Å². The molecule has 1 aliphatic rings. The SMILES string of the molecule is CCNC(=NCc1cc2c(cc1OC)CC(C)O2)NCCCOC. The van der Waals surface area contributed by atoms with Gasteiger partial charge in [-0.15, -0.1) is 0 Å². The Kier molecular flexibility index (Phi) is 7.18. The Bertz CT molecular complexity index is 561. The predicted octanol–water partition coefficient (Wildman–Crippen LogP) is 2.11. The van der Waals surface area contributed by atoms with Crippen LogP contribution >= 0.6 is 0 Å². The molecule has 1 aromatic carbocycles. The highest BCUT2D eigenvalue weighted by Gasteiger charge is 2.21. The van der Waals surface area contributed by atoms with Gasteiger partial charge in [-0.25, -0.2) is 4.99 Å². The van der Waals surface area contributed by atoms with Crippen molar-refractivity contribution >= 4 is 5.96 Å². The average Bonchev–Trinajstić information content (AvgIpc) is 2.94. The van der Waals surface area contributed by atoms with Gasteiger partial charge in [0.25, 0.3) is 0 Å². The lowest BCUT2D eigenvalue weighted by atomic mass is 10.1. The Balaban J connectivity index is 2.05. The van der Waals surface area contributed by atoms with Crippen molar-refractivity contribution in [3.63, 3.8) is 0 Å². The molecule has 1 aromatic rings. The first kappa shape index (κ1) is 18.4. The van der Waals surface area contributed by atoms with E-state index in [2.05, 4.69) is 41.6 Å². The molecule has 24 heavy (non-hydrogen) atoms. The molecule has 2 N–H and O–H groups in total. The van der Waals surface area contributed by atoms with Gasteiger partial charge in [-0.2, -0.15) is 0 Å². The summed E-state index contributed by atoms with van der Waals surface area (Å²) in [6.45, 7) is 7.04. The lowest BCUT2D eigenvalue weighted by molar-refractivity contribution is 0.195. The second-order valence-corrected chi connectivity index (χ2v) is 5.87. The molecular formula is C18H29N3O3. The topological polar surface area (TPSA) is 64.1 Å². The van der Waals surface area contributed by atoms with Gasteiger partial charge < -0.3 is 24.8 Å². The summed E-state index contributed by atoms with van der Waals surface area (Å²) in [6.07, 6.45) is 2.09. The number of fused-ring (bicyclic) bond motifs is 1. The van der Waals surface area contributed by atoms with Gasteiger partial charge in [0.15, 0.2) is 5.96 Å². The van der Waals surface area contributed by atoms with Crippen LogP contribution in [0.2, 0.25) is 0 Å². The van der Waals surface area contributed by atoms with Crippen LogP contribution in [0.1, 0.15) is 31.4 Å². The van der Waals surface area contributed by atoms with E-state index in [0.29, 0.717) is 6.54 Å². The quantitative estimate of drug-likeness (QED) is 0.433. The first-order valence-electron chi connectivity index (χ1n) is 8.55. The monoisotopic (exact) mass is 335 g/mol. The number of benzene rings is 1. The number of nitrogens with zero attached hydrogens (tertiary/aromatic N) is 1. The number of hydrogen-bond donors (Lipinski definition) is 2. The molecule has 0 fully saturated rings. The normalized spacial score (nSPS) is 16.5. The molecule has 0 aromatic heterocycles. The smallest absolute Gasteiger partial charge is 0.191 e. The predicted molar refractivity (Wildman–Crippen MR) is 96.1 cm³/mol. The van der Waals surface area contributed by atoms with Crippen LogP contribution in [0.25, 0.3) is 0 Å². The maximum atomic E-state index is 5.84. The molecule has 6 heteroatoms. The molecule has 1 heterocycles. The Morgan fingerprint density at radius 3 is 2.88 bits per heavy atom. The molecule has 0 aliphatic carbocycles. The lowest BCUT2D eigenvalue weighted by Crippen LogP contribution is -2.38. The van der Waals surface area contributed by atoms with Gasteiger partial charge in [0, 0.05) is 44.4 Å². The molecule has 0 spiro atoms. The molecule has 2 rings (SSSR count). The second kappa shape index (κ2) is 9.37. The average molecular weight is 335 g/mol. The molecule has 0 amide bonds. The van der Waals surface area contributed by atoms with E-state index in [-0.39, 0.29) is 6.10 Å². The van der Waals surface area contributed by atoms with Crippen LogP contribution in [0.5, 0.6) is 11.5 Å². The first-order valence-corrected chi connectivity index (χ1v) is 8.55. The van der Waals surface area contributed by atoms with Gasteiger partial charge in [0.2, 0.25) is 0 Å². The summed E-state index contributed by atoms with van der Waals surface area (Å²) in [7, 11) is 3.41. The second-order valence-electron chi connectivity index (χ2n) is 5.87. The highest BCUT2D eigenvalue weighted by atomic mass is 16.5. The van der Waals surface area contributed by atoms with E-state index < -0.39 is 0 Å². The number of ether oxygens (including phenoxy) is 3. The highest BCUT2D eigenvalue weighted by molar-refractivity contribution is 5.79. The number of methoxy groups -OCH3 is 2. The highest BCUT2D eigenvalue weighted by Crippen LogP contribution is 2.35. The van der Waals surface area contributed by atoms with E-state index in [1.165, 1.54) is 5.56 Å². The van der Waals surface area contributed by atoms with Crippen LogP contribution in [0, 0.1) is 0 Å². The van der Waals surface area contributed by atoms with Gasteiger partial charge in [0.1, 0.15) is 17.6 Å². The molecular weight excluding hydrogens is 306 g/mol. The van der Waals surface area contributed by atoms with Crippen molar-refractivity contribution in [2.24, 2.45) is 4.99 Å². The van der Waals surface area contributed by atoms with Crippen LogP contribution in [0.15, 0.2) is 17.1 Å². The van der Waals surface area contributed by atoms with Crippen LogP contribution in [-0.4, -0.2) is 46.0 Å². The van der Waals surface area contributed by atoms with Crippen LogP contribution in [0.4, 0.5) is 0 Å². The molecule has 0 saturated heterocycles. The molecule has 1 aliphatic heterocycles. The van der Waals surface area contributed by atoms with Crippen LogP contribution in [0.3, 0.4) is 0 Å². The maximum absolute atomic E-state index is 5.84. The van der Waals surface area contributed by atoms with Crippen LogP contribution < -0.4 is 20.1 Å². The van der Waals surface area contributed by atoms with E-state index in [9.17, 15) is 0 Å². The number of hydrogen-bond acceptors (Lipinski definition) is 4. The third-order valence-electron chi connectivity index (χ3n) is 3.87. The zero-order valence-corrected chi connectivity index (χ0v) is 15.1. The van der Waals surface area contributed by atoms with Gasteiger partial charge in [-0.1, -0.05) is 0 Å². The van der Waals surface area contributed by atoms with Crippen molar-refractivity contribution in [2.45, 2.75) is 39.3 Å². The zero-order valence-electron chi connectivity index (χ0n) is 15.1. The van der Waals surface area contributed by atoms with E-state index in [4.69, 9.17) is 14.2 Å².